The van der Waals surface area contributed by atoms with Gasteiger partial charge in [-0.2, -0.15) is 4.31 Å². The van der Waals surface area contributed by atoms with Gasteiger partial charge in [-0.25, -0.2) is 8.42 Å². The molecule has 9 heteroatoms. The maximum atomic E-state index is 11.4. The second-order valence-corrected chi connectivity index (χ2v) is 6.99. The molecule has 1 heterocycles. The van der Waals surface area contributed by atoms with Gasteiger partial charge in [0.2, 0.25) is 15.9 Å². The summed E-state index contributed by atoms with van der Waals surface area (Å²) >= 11 is 1.20. The van der Waals surface area contributed by atoms with Crippen LogP contribution in [-0.4, -0.2) is 66.6 Å². The molecule has 1 rings (SSSR count). The predicted octanol–water partition coefficient (Wildman–Crippen LogP) is -1.04. The van der Waals surface area contributed by atoms with Crippen LogP contribution in [0.5, 0.6) is 0 Å². The summed E-state index contributed by atoms with van der Waals surface area (Å²) in [4.78, 5) is 21.7. The monoisotopic (exact) mass is 296 g/mol. The largest absolute Gasteiger partial charge is 0.481 e. The van der Waals surface area contributed by atoms with Gasteiger partial charge in [0, 0.05) is 18.8 Å². The number of nitrogens with one attached hydrogen (secondary N) is 1. The van der Waals surface area contributed by atoms with Crippen molar-refractivity contribution in [1.29, 1.82) is 0 Å². The van der Waals surface area contributed by atoms with Crippen LogP contribution < -0.4 is 5.32 Å². The number of carboxylic acids is 1. The number of aliphatic carboxylic acids is 1. The number of hydrogen-bond acceptors (Lipinski definition) is 5. The van der Waals surface area contributed by atoms with Crippen LogP contribution in [0.2, 0.25) is 0 Å². The Labute approximate surface area is 110 Å². The number of amides is 1. The molecule has 104 valence electrons. The molecular weight excluding hydrogens is 280 g/mol. The maximum Gasteiger partial charge on any atom is 0.313 e. The van der Waals surface area contributed by atoms with Crippen molar-refractivity contribution >= 4 is 33.7 Å². The highest BCUT2D eigenvalue weighted by molar-refractivity contribution is 7.99. The van der Waals surface area contributed by atoms with Crippen LogP contribution in [0.25, 0.3) is 0 Å². The molecule has 0 aliphatic carbocycles. The normalized spacial score (nSPS) is 18.7. The topological polar surface area (TPSA) is 104 Å². The van der Waals surface area contributed by atoms with E-state index in [4.69, 9.17) is 5.11 Å². The van der Waals surface area contributed by atoms with E-state index in [0.717, 1.165) is 0 Å². The van der Waals surface area contributed by atoms with Gasteiger partial charge in [0.05, 0.1) is 18.1 Å². The van der Waals surface area contributed by atoms with E-state index in [2.05, 4.69) is 5.32 Å². The predicted molar refractivity (Wildman–Crippen MR) is 67.9 cm³/mol. The second-order valence-electron chi connectivity index (χ2n) is 3.80. The van der Waals surface area contributed by atoms with Crippen LogP contribution >= 0.6 is 11.8 Å². The molecule has 7 nitrogen and oxygen atoms in total. The molecule has 0 aromatic rings. The average molecular weight is 296 g/mol. The van der Waals surface area contributed by atoms with E-state index < -0.39 is 16.0 Å². The van der Waals surface area contributed by atoms with Gasteiger partial charge in [0.1, 0.15) is 0 Å². The van der Waals surface area contributed by atoms with Gasteiger partial charge < -0.3 is 10.4 Å². The lowest BCUT2D eigenvalue weighted by Gasteiger charge is -2.13. The summed E-state index contributed by atoms with van der Waals surface area (Å²) in [5.74, 6) is -0.651. The first kappa shape index (κ1) is 15.3. The number of thioether (sulfide) groups is 1. The van der Waals surface area contributed by atoms with Crippen LogP contribution in [0.3, 0.4) is 0 Å². The first-order chi connectivity index (χ1) is 8.42. The van der Waals surface area contributed by atoms with Gasteiger partial charge in [-0.05, 0) is 6.42 Å². The lowest BCUT2D eigenvalue weighted by Crippen LogP contribution is -2.38. The Bertz CT molecular complexity index is 409. The Morgan fingerprint density at radius 2 is 2.11 bits per heavy atom. The molecular formula is C9H16N2O5S2. The maximum absolute atomic E-state index is 11.4. The van der Waals surface area contributed by atoms with E-state index in [-0.39, 0.29) is 24.0 Å². The zero-order valence-corrected chi connectivity index (χ0v) is 11.4. The van der Waals surface area contributed by atoms with Crippen LogP contribution in [-0.2, 0) is 19.6 Å². The van der Waals surface area contributed by atoms with Crippen LogP contribution in [0.15, 0.2) is 0 Å². The van der Waals surface area contributed by atoms with E-state index >= 15 is 0 Å². The van der Waals surface area contributed by atoms with Crippen molar-refractivity contribution in [2.45, 2.75) is 6.42 Å². The summed E-state index contributed by atoms with van der Waals surface area (Å²) in [7, 11) is -3.24. The smallest absolute Gasteiger partial charge is 0.313 e. The zero-order chi connectivity index (χ0) is 13.6. The van der Waals surface area contributed by atoms with Crippen molar-refractivity contribution in [3.63, 3.8) is 0 Å². The molecule has 1 aliphatic heterocycles. The number of carbonyl (C=O) groups excluding carboxylic acids is 1. The molecule has 1 amide bonds. The number of carboxylic acid groups (broad SMARTS) is 1. The molecule has 1 fully saturated rings. The molecule has 1 saturated heterocycles. The van der Waals surface area contributed by atoms with Crippen LogP contribution in [0.4, 0.5) is 0 Å². The van der Waals surface area contributed by atoms with Gasteiger partial charge in [-0.3, -0.25) is 9.59 Å². The van der Waals surface area contributed by atoms with E-state index in [0.29, 0.717) is 25.3 Å². The summed E-state index contributed by atoms with van der Waals surface area (Å²) in [6, 6.07) is 0. The van der Waals surface area contributed by atoms with Crippen molar-refractivity contribution in [3.8, 4) is 0 Å². The Morgan fingerprint density at radius 1 is 1.39 bits per heavy atom. The molecule has 0 aromatic heterocycles. The molecule has 2 N–H and O–H groups in total. The Morgan fingerprint density at radius 3 is 2.67 bits per heavy atom. The number of hydrogen-bond donors (Lipinski definition) is 2. The lowest BCUT2D eigenvalue weighted by atomic mass is 10.4. The van der Waals surface area contributed by atoms with E-state index in [9.17, 15) is 18.0 Å². The number of nitrogens with zero attached hydrogens (tertiary/aromatic N) is 1. The highest BCUT2D eigenvalue weighted by Crippen LogP contribution is 2.12. The average Bonchev–Trinajstić information content (AvgIpc) is 2.57. The Kier molecular flexibility index (Phi) is 5.89. The van der Waals surface area contributed by atoms with Gasteiger partial charge in [-0.1, -0.05) is 0 Å². The van der Waals surface area contributed by atoms with Gasteiger partial charge >= 0.3 is 5.97 Å². The second kappa shape index (κ2) is 6.95. The Hall–Kier alpha value is -0.800. The van der Waals surface area contributed by atoms with Crippen molar-refractivity contribution < 1.29 is 23.1 Å². The minimum absolute atomic E-state index is 0.00360. The summed E-state index contributed by atoms with van der Waals surface area (Å²) in [5.41, 5.74) is 0. The van der Waals surface area contributed by atoms with Crippen molar-refractivity contribution in [2.24, 2.45) is 0 Å². The molecule has 0 atom stereocenters. The third kappa shape index (κ3) is 5.23. The summed E-state index contributed by atoms with van der Waals surface area (Å²) in [5, 5.41) is 11.0. The van der Waals surface area contributed by atoms with Crippen molar-refractivity contribution in [2.75, 3.05) is 36.9 Å². The molecule has 0 spiro atoms. The quantitative estimate of drug-likeness (QED) is 0.581. The van der Waals surface area contributed by atoms with E-state index in [1.165, 1.54) is 16.1 Å². The van der Waals surface area contributed by atoms with Gasteiger partial charge in [-0.15, -0.1) is 11.8 Å². The summed E-state index contributed by atoms with van der Waals surface area (Å²) in [6.07, 6.45) is 0.560. The molecule has 0 saturated carbocycles. The molecule has 0 bridgehead atoms. The number of carbonyl (C=O) groups is 2. The lowest BCUT2D eigenvalue weighted by molar-refractivity contribution is -0.133. The highest BCUT2D eigenvalue weighted by Gasteiger charge is 2.29. The minimum Gasteiger partial charge on any atom is -0.481 e. The standard InChI is InChI=1S/C9H16N2O5S2/c12-8(10-2-4-17-7-9(13)14)6-11-3-1-5-18(11,15)16/h1-7H2,(H,10,12)(H,13,14). The van der Waals surface area contributed by atoms with Gasteiger partial charge in [0.15, 0.2) is 0 Å². The minimum atomic E-state index is -3.24. The third-order valence-electron chi connectivity index (χ3n) is 2.32. The highest BCUT2D eigenvalue weighted by atomic mass is 32.2. The fraction of sp³-hybridized carbons (Fsp3) is 0.778. The third-order valence-corrected chi connectivity index (χ3v) is 5.16. The Balaban J connectivity index is 2.16. The van der Waals surface area contributed by atoms with Crippen LogP contribution in [0.1, 0.15) is 6.42 Å². The van der Waals surface area contributed by atoms with Crippen LogP contribution in [0, 0.1) is 0 Å². The molecule has 0 unspecified atom stereocenters. The fourth-order valence-electron chi connectivity index (χ4n) is 1.51. The number of rotatable bonds is 7. The summed E-state index contributed by atoms with van der Waals surface area (Å²) in [6.45, 7) is 0.583. The molecule has 0 radical (unpaired) electrons. The first-order valence-electron chi connectivity index (χ1n) is 5.46. The molecule has 0 aromatic carbocycles. The fourth-order valence-corrected chi connectivity index (χ4v) is 3.55. The number of sulfonamides is 1. The molecule has 18 heavy (non-hydrogen) atoms. The SMILES string of the molecule is O=C(O)CSCCNC(=O)CN1CCCS1(=O)=O. The zero-order valence-electron chi connectivity index (χ0n) is 9.79. The molecule has 1 aliphatic rings. The first-order valence-corrected chi connectivity index (χ1v) is 8.22. The van der Waals surface area contributed by atoms with Crippen molar-refractivity contribution in [1.82, 2.24) is 9.62 Å². The van der Waals surface area contributed by atoms with Crippen molar-refractivity contribution in [3.05, 3.63) is 0 Å². The van der Waals surface area contributed by atoms with E-state index in [1.54, 1.807) is 0 Å². The summed E-state index contributed by atoms with van der Waals surface area (Å²) < 4.78 is 24.0. The van der Waals surface area contributed by atoms with Gasteiger partial charge in [0.25, 0.3) is 0 Å². The van der Waals surface area contributed by atoms with E-state index in [1.807, 2.05) is 0 Å².